The Morgan fingerprint density at radius 2 is 2.00 bits per heavy atom. The average Bonchev–Trinajstić information content (AvgIpc) is 3.65. The first-order valence-corrected chi connectivity index (χ1v) is 13.3. The Labute approximate surface area is 202 Å². The molecule has 0 bridgehead atoms. The van der Waals surface area contributed by atoms with E-state index < -0.39 is 26.1 Å². The van der Waals surface area contributed by atoms with E-state index in [4.69, 9.17) is 5.21 Å². The summed E-state index contributed by atoms with van der Waals surface area (Å²) in [6, 6.07) is 10.1. The van der Waals surface area contributed by atoms with Crippen LogP contribution in [0.1, 0.15) is 38.2 Å². The Kier molecular flexibility index (Phi) is 6.79. The van der Waals surface area contributed by atoms with E-state index in [1.807, 2.05) is 6.07 Å². The van der Waals surface area contributed by atoms with E-state index in [1.165, 1.54) is 36.1 Å². The summed E-state index contributed by atoms with van der Waals surface area (Å²) in [4.78, 5) is 29.3. The zero-order valence-corrected chi connectivity index (χ0v) is 20.4. The molecule has 1 aliphatic rings. The zero-order valence-electron chi connectivity index (χ0n) is 19.6. The fourth-order valence-corrected chi connectivity index (χ4v) is 4.97. The van der Waals surface area contributed by atoms with E-state index in [1.54, 1.807) is 30.3 Å². The lowest BCUT2D eigenvalue weighted by molar-refractivity contribution is -0.131. The number of hydrogen-bond donors (Lipinski definition) is 2. The van der Waals surface area contributed by atoms with Crippen LogP contribution < -0.4 is 11.0 Å². The quantitative estimate of drug-likeness (QED) is 0.343. The van der Waals surface area contributed by atoms with Gasteiger partial charge in [-0.25, -0.2) is 23.3 Å². The molecule has 0 aliphatic heterocycles. The maximum Gasteiger partial charge on any atom is 0.264 e. The van der Waals surface area contributed by atoms with E-state index >= 15 is 0 Å². The van der Waals surface area contributed by atoms with Gasteiger partial charge in [-0.3, -0.25) is 19.4 Å². The molecule has 4 rings (SSSR count). The highest BCUT2D eigenvalue weighted by Gasteiger charge is 2.43. The van der Waals surface area contributed by atoms with Crippen molar-refractivity contribution in [1.29, 1.82) is 0 Å². The molecule has 2 aromatic carbocycles. The van der Waals surface area contributed by atoms with Crippen molar-refractivity contribution in [3.05, 3.63) is 64.5 Å². The maximum atomic E-state index is 14.8. The number of amides is 1. The lowest BCUT2D eigenvalue weighted by Gasteiger charge is -2.25. The van der Waals surface area contributed by atoms with Gasteiger partial charge >= 0.3 is 0 Å². The lowest BCUT2D eigenvalue weighted by Crippen LogP contribution is -2.50. The van der Waals surface area contributed by atoms with Crippen molar-refractivity contribution in [2.45, 2.75) is 50.3 Å². The van der Waals surface area contributed by atoms with Gasteiger partial charge in [0, 0.05) is 18.4 Å². The Morgan fingerprint density at radius 3 is 2.63 bits per heavy atom. The predicted molar refractivity (Wildman–Crippen MR) is 130 cm³/mol. The third kappa shape index (κ3) is 5.13. The summed E-state index contributed by atoms with van der Waals surface area (Å²) < 4.78 is 38.4. The van der Waals surface area contributed by atoms with Crippen LogP contribution in [0.4, 0.5) is 4.39 Å². The van der Waals surface area contributed by atoms with Crippen LogP contribution in [0.25, 0.3) is 22.0 Å². The number of carbonyl (C=O) groups excluding carboxylic acids is 1. The highest BCUT2D eigenvalue weighted by atomic mass is 32.2. The van der Waals surface area contributed by atoms with Crippen molar-refractivity contribution < 1.29 is 22.8 Å². The minimum Gasteiger partial charge on any atom is -0.299 e. The average molecular weight is 502 g/mol. The summed E-state index contributed by atoms with van der Waals surface area (Å²) in [5, 5.41) is 9.24. The standard InChI is InChI=1S/C25H28FN3O5S/c1-25(24(31)28-32,35(2,33)34)11-12-29-15-27-22-14-18(8-10-20(22)23(29)30)19-9-7-17(13-21(19)26)6-5-16-3-4-16/h7-10,13-16,32H,3-6,11-12H2,1-2H3,(H,28,31)/t25-/m0/s1. The van der Waals surface area contributed by atoms with Gasteiger partial charge in [0.25, 0.3) is 11.5 Å². The van der Waals surface area contributed by atoms with Crippen molar-refractivity contribution in [3.63, 3.8) is 0 Å². The van der Waals surface area contributed by atoms with E-state index in [0.717, 1.165) is 30.6 Å². The van der Waals surface area contributed by atoms with Crippen LogP contribution in [0.2, 0.25) is 0 Å². The van der Waals surface area contributed by atoms with Crippen LogP contribution >= 0.6 is 0 Å². The first kappa shape index (κ1) is 25.0. The zero-order chi connectivity index (χ0) is 25.4. The summed E-state index contributed by atoms with van der Waals surface area (Å²) in [5.41, 5.74) is 3.33. The third-order valence-corrected chi connectivity index (χ3v) is 8.96. The van der Waals surface area contributed by atoms with E-state index in [2.05, 4.69) is 4.98 Å². The largest absolute Gasteiger partial charge is 0.299 e. The Bertz CT molecular complexity index is 1450. The summed E-state index contributed by atoms with van der Waals surface area (Å²) in [7, 11) is -3.89. The molecule has 1 fully saturated rings. The van der Waals surface area contributed by atoms with E-state index in [9.17, 15) is 22.4 Å². The van der Waals surface area contributed by atoms with Gasteiger partial charge in [-0.2, -0.15) is 0 Å². The number of rotatable bonds is 9. The maximum absolute atomic E-state index is 14.8. The van der Waals surface area contributed by atoms with E-state index in [0.29, 0.717) is 16.6 Å². The van der Waals surface area contributed by atoms with E-state index in [-0.39, 0.29) is 24.2 Å². The number of aryl methyl sites for hydroxylation is 2. The van der Waals surface area contributed by atoms with Gasteiger partial charge in [0.1, 0.15) is 5.82 Å². The summed E-state index contributed by atoms with van der Waals surface area (Å²) >= 11 is 0. The Morgan fingerprint density at radius 1 is 1.26 bits per heavy atom. The molecular formula is C25H28FN3O5S. The minimum atomic E-state index is -3.89. The molecule has 3 aromatic rings. The number of aromatic nitrogens is 2. The molecule has 0 saturated heterocycles. The van der Waals surface area contributed by atoms with Crippen molar-refractivity contribution in [3.8, 4) is 11.1 Å². The Balaban J connectivity index is 1.58. The number of halogens is 1. The van der Waals surface area contributed by atoms with Gasteiger partial charge in [-0.15, -0.1) is 0 Å². The molecule has 35 heavy (non-hydrogen) atoms. The molecule has 1 aliphatic carbocycles. The smallest absolute Gasteiger partial charge is 0.264 e. The molecule has 8 nitrogen and oxygen atoms in total. The number of nitrogens with one attached hydrogen (secondary N) is 1. The van der Waals surface area contributed by atoms with Gasteiger partial charge < -0.3 is 0 Å². The fourth-order valence-electron chi connectivity index (χ4n) is 4.13. The third-order valence-electron chi connectivity index (χ3n) is 6.94. The minimum absolute atomic E-state index is 0.114. The number of fused-ring (bicyclic) bond motifs is 1. The predicted octanol–water partition coefficient (Wildman–Crippen LogP) is 3.24. The molecule has 1 saturated carbocycles. The number of nitrogens with zero attached hydrogens (tertiary/aromatic N) is 2. The normalized spacial score (nSPS) is 15.7. The number of hydrogen-bond acceptors (Lipinski definition) is 6. The molecule has 1 aromatic heterocycles. The first-order valence-electron chi connectivity index (χ1n) is 11.5. The van der Waals surface area contributed by atoms with Gasteiger partial charge in [-0.1, -0.05) is 31.0 Å². The number of hydroxylamine groups is 1. The van der Waals surface area contributed by atoms with Crippen molar-refractivity contribution in [1.82, 2.24) is 15.0 Å². The van der Waals surface area contributed by atoms with Crippen LogP contribution in [0.5, 0.6) is 0 Å². The molecule has 0 radical (unpaired) electrons. The number of benzene rings is 2. The molecule has 2 N–H and O–H groups in total. The number of carbonyl (C=O) groups is 1. The number of sulfone groups is 1. The Hall–Kier alpha value is -3.11. The van der Waals surface area contributed by atoms with Crippen LogP contribution in [0, 0.1) is 11.7 Å². The first-order chi connectivity index (χ1) is 16.5. The van der Waals surface area contributed by atoms with Crippen LogP contribution in [0.15, 0.2) is 47.5 Å². The van der Waals surface area contributed by atoms with Crippen LogP contribution in [-0.4, -0.2) is 40.1 Å². The van der Waals surface area contributed by atoms with Gasteiger partial charge in [0.05, 0.1) is 17.2 Å². The molecule has 10 heteroatoms. The second kappa shape index (κ2) is 9.50. The second-order valence-electron chi connectivity index (χ2n) is 9.47. The topological polar surface area (TPSA) is 118 Å². The molecule has 0 spiro atoms. The summed E-state index contributed by atoms with van der Waals surface area (Å²) in [6.07, 6.45) is 6.39. The van der Waals surface area contributed by atoms with Crippen LogP contribution in [-0.2, 0) is 27.6 Å². The molecule has 0 unspecified atom stereocenters. The molecule has 1 heterocycles. The SMILES string of the molecule is C[C@](CCn1cnc2cc(-c3ccc(CCC4CC4)cc3F)ccc2c1=O)(C(=O)NO)S(C)(=O)=O. The van der Waals surface area contributed by atoms with Gasteiger partial charge in [0.2, 0.25) is 0 Å². The highest BCUT2D eigenvalue weighted by molar-refractivity contribution is 7.92. The lowest BCUT2D eigenvalue weighted by atomic mass is 9.99. The van der Waals surface area contributed by atoms with Crippen molar-refractivity contribution >= 4 is 26.6 Å². The van der Waals surface area contributed by atoms with Crippen molar-refractivity contribution in [2.24, 2.45) is 5.92 Å². The molecule has 1 amide bonds. The van der Waals surface area contributed by atoms with Crippen molar-refractivity contribution in [2.75, 3.05) is 6.26 Å². The fraction of sp³-hybridized carbons (Fsp3) is 0.400. The van der Waals surface area contributed by atoms with Crippen LogP contribution in [0.3, 0.4) is 0 Å². The summed E-state index contributed by atoms with van der Waals surface area (Å²) in [5.74, 6) is -0.625. The van der Waals surface area contributed by atoms with Gasteiger partial charge in [-0.05, 0) is 61.4 Å². The monoisotopic (exact) mass is 501 g/mol. The summed E-state index contributed by atoms with van der Waals surface area (Å²) in [6.45, 7) is 1.07. The molecule has 186 valence electrons. The van der Waals surface area contributed by atoms with Gasteiger partial charge in [0.15, 0.2) is 14.6 Å². The molecule has 1 atom stereocenters. The second-order valence-corrected chi connectivity index (χ2v) is 11.9. The molecular weight excluding hydrogens is 473 g/mol. The highest BCUT2D eigenvalue weighted by Crippen LogP contribution is 2.34.